The summed E-state index contributed by atoms with van der Waals surface area (Å²) in [6.07, 6.45) is 3.47. The van der Waals surface area contributed by atoms with Crippen molar-refractivity contribution >= 4 is 46.4 Å². The average molecular weight is 515 g/mol. The van der Waals surface area contributed by atoms with Gasteiger partial charge in [-0.2, -0.15) is 0 Å². The van der Waals surface area contributed by atoms with Gasteiger partial charge in [0.2, 0.25) is 0 Å². The monoisotopic (exact) mass is 515 g/mol. The summed E-state index contributed by atoms with van der Waals surface area (Å²) in [5.41, 5.74) is 2.31. The van der Waals surface area contributed by atoms with Gasteiger partial charge in [0.25, 0.3) is 0 Å². The minimum Gasteiger partial charge on any atom is -0.497 e. The third-order valence-corrected chi connectivity index (χ3v) is 5.46. The lowest BCUT2D eigenvalue weighted by molar-refractivity contribution is 0.414. The molecule has 1 saturated heterocycles. The van der Waals surface area contributed by atoms with Crippen LogP contribution < -0.4 is 20.3 Å². The van der Waals surface area contributed by atoms with Gasteiger partial charge in [-0.15, -0.1) is 35.3 Å². The summed E-state index contributed by atoms with van der Waals surface area (Å²) in [5.74, 6) is 1.70. The molecule has 0 unspecified atom stereocenters. The number of aromatic nitrogens is 1. The molecule has 1 fully saturated rings. The van der Waals surface area contributed by atoms with E-state index >= 15 is 0 Å². The van der Waals surface area contributed by atoms with Crippen LogP contribution in [0.3, 0.4) is 0 Å². The fourth-order valence-electron chi connectivity index (χ4n) is 3.02. The van der Waals surface area contributed by atoms with Gasteiger partial charge in [0.1, 0.15) is 5.75 Å². The number of aliphatic imine (C=N–C) groups is 1. The smallest absolute Gasteiger partial charge is 0.191 e. The molecule has 0 bridgehead atoms. The van der Waals surface area contributed by atoms with Crippen LogP contribution in [-0.4, -0.2) is 44.2 Å². The summed E-state index contributed by atoms with van der Waals surface area (Å²) in [4.78, 5) is 11.8. The zero-order valence-corrected chi connectivity index (χ0v) is 19.8. The molecule has 1 aliphatic heterocycles. The second-order valence-electron chi connectivity index (χ2n) is 6.54. The number of thiazole rings is 1. The molecule has 2 N–H and O–H groups in total. The number of methoxy groups -OCH3 is 1. The van der Waals surface area contributed by atoms with Crippen LogP contribution in [0.15, 0.2) is 34.6 Å². The second kappa shape index (κ2) is 12.1. The predicted octanol–water partition coefficient (Wildman–Crippen LogP) is 3.67. The first-order valence-corrected chi connectivity index (χ1v) is 10.5. The van der Waals surface area contributed by atoms with Crippen LogP contribution in [0.1, 0.15) is 31.0 Å². The molecule has 0 spiro atoms. The normalized spacial score (nSPS) is 13.9. The molecule has 6 nitrogen and oxygen atoms in total. The number of hydrogen-bond donors (Lipinski definition) is 2. The molecule has 3 rings (SSSR count). The van der Waals surface area contributed by atoms with E-state index in [9.17, 15) is 0 Å². The lowest BCUT2D eigenvalue weighted by atomic mass is 10.2. The van der Waals surface area contributed by atoms with Crippen molar-refractivity contribution in [2.24, 2.45) is 4.99 Å². The van der Waals surface area contributed by atoms with E-state index in [1.165, 1.54) is 18.0 Å². The number of rotatable bonds is 8. The Labute approximate surface area is 188 Å². The summed E-state index contributed by atoms with van der Waals surface area (Å²) >= 11 is 1.76. The van der Waals surface area contributed by atoms with Gasteiger partial charge in [0, 0.05) is 38.0 Å². The number of nitrogens with one attached hydrogen (secondary N) is 2. The Morgan fingerprint density at radius 2 is 1.96 bits per heavy atom. The van der Waals surface area contributed by atoms with Gasteiger partial charge < -0.3 is 20.3 Å². The molecule has 0 saturated carbocycles. The molecule has 28 heavy (non-hydrogen) atoms. The Morgan fingerprint density at radius 3 is 2.64 bits per heavy atom. The van der Waals surface area contributed by atoms with Crippen molar-refractivity contribution < 1.29 is 4.74 Å². The van der Waals surface area contributed by atoms with Gasteiger partial charge >= 0.3 is 0 Å². The van der Waals surface area contributed by atoms with E-state index in [2.05, 4.69) is 32.8 Å². The van der Waals surface area contributed by atoms with Gasteiger partial charge in [0.15, 0.2) is 11.1 Å². The van der Waals surface area contributed by atoms with Gasteiger partial charge in [-0.25, -0.2) is 9.98 Å². The van der Waals surface area contributed by atoms with E-state index in [0.29, 0.717) is 6.54 Å². The lowest BCUT2D eigenvalue weighted by Gasteiger charge is -2.12. The van der Waals surface area contributed by atoms with E-state index < -0.39 is 0 Å². The van der Waals surface area contributed by atoms with Crippen molar-refractivity contribution in [2.75, 3.05) is 38.2 Å². The van der Waals surface area contributed by atoms with Gasteiger partial charge in [0.05, 0.1) is 19.3 Å². The Morgan fingerprint density at radius 1 is 1.21 bits per heavy atom. The highest BCUT2D eigenvalue weighted by atomic mass is 127. The Hall–Kier alpha value is -1.55. The fourth-order valence-corrected chi connectivity index (χ4v) is 3.93. The predicted molar refractivity (Wildman–Crippen MR) is 128 cm³/mol. The molecule has 0 aliphatic carbocycles. The average Bonchev–Trinajstić information content (AvgIpc) is 3.38. The van der Waals surface area contributed by atoms with E-state index in [1.54, 1.807) is 18.4 Å². The zero-order chi connectivity index (χ0) is 18.9. The van der Waals surface area contributed by atoms with E-state index in [-0.39, 0.29) is 24.0 Å². The summed E-state index contributed by atoms with van der Waals surface area (Å²) in [6.45, 7) is 6.66. The van der Waals surface area contributed by atoms with Crippen LogP contribution >= 0.6 is 35.3 Å². The number of benzene rings is 1. The summed E-state index contributed by atoms with van der Waals surface area (Å²) in [5, 5.41) is 10.1. The minimum atomic E-state index is 0. The van der Waals surface area contributed by atoms with Gasteiger partial charge in [-0.3, -0.25) is 0 Å². The van der Waals surface area contributed by atoms with Crippen LogP contribution in [0, 0.1) is 0 Å². The van der Waals surface area contributed by atoms with Crippen LogP contribution in [0.25, 0.3) is 0 Å². The highest BCUT2D eigenvalue weighted by Gasteiger charge is 2.15. The standard InChI is InChI=1S/C20H29N5OS.HI/c1-3-21-19(23-14-16-6-8-18(26-2)9-7-16)22-11-10-17-15-27-20(24-17)25-12-4-5-13-25;/h6-9,15H,3-5,10-14H2,1-2H3,(H2,21,22,23);1H. The first-order chi connectivity index (χ1) is 13.3. The maximum absolute atomic E-state index is 5.19. The Balaban J connectivity index is 0.00000280. The second-order valence-corrected chi connectivity index (χ2v) is 7.37. The number of ether oxygens (including phenoxy) is 1. The molecule has 1 aliphatic rings. The molecule has 2 heterocycles. The number of anilines is 1. The molecule has 8 heteroatoms. The van der Waals surface area contributed by atoms with E-state index in [4.69, 9.17) is 9.72 Å². The highest BCUT2D eigenvalue weighted by Crippen LogP contribution is 2.24. The topological polar surface area (TPSA) is 61.8 Å². The van der Waals surface area contributed by atoms with Gasteiger partial charge in [-0.1, -0.05) is 12.1 Å². The number of hydrogen-bond acceptors (Lipinski definition) is 5. The van der Waals surface area contributed by atoms with Gasteiger partial charge in [-0.05, 0) is 37.5 Å². The quantitative estimate of drug-likeness (QED) is 0.319. The van der Waals surface area contributed by atoms with Crippen LogP contribution in [0.2, 0.25) is 0 Å². The molecule has 1 aromatic carbocycles. The molecular weight excluding hydrogens is 485 g/mol. The van der Waals surface area contributed by atoms with Crippen LogP contribution in [0.4, 0.5) is 5.13 Å². The van der Waals surface area contributed by atoms with Crippen molar-refractivity contribution in [2.45, 2.75) is 32.7 Å². The largest absolute Gasteiger partial charge is 0.497 e. The van der Waals surface area contributed by atoms with E-state index in [0.717, 1.165) is 55.6 Å². The molecule has 0 atom stereocenters. The first kappa shape index (κ1) is 22.7. The molecular formula is C20H30IN5OS. The third-order valence-electron chi connectivity index (χ3n) is 4.51. The van der Waals surface area contributed by atoms with Crippen LogP contribution in [0.5, 0.6) is 5.75 Å². The Kier molecular flexibility index (Phi) is 9.83. The number of halogens is 1. The maximum atomic E-state index is 5.19. The van der Waals surface area contributed by atoms with Crippen LogP contribution in [-0.2, 0) is 13.0 Å². The van der Waals surface area contributed by atoms with Crippen molar-refractivity contribution in [1.29, 1.82) is 0 Å². The summed E-state index contributed by atoms with van der Waals surface area (Å²) in [7, 11) is 1.68. The lowest BCUT2D eigenvalue weighted by Crippen LogP contribution is -2.38. The zero-order valence-electron chi connectivity index (χ0n) is 16.6. The molecule has 154 valence electrons. The van der Waals surface area contributed by atoms with E-state index in [1.807, 2.05) is 24.3 Å². The third kappa shape index (κ3) is 6.80. The number of nitrogens with zero attached hydrogens (tertiary/aromatic N) is 3. The SMILES string of the molecule is CCNC(=NCc1ccc(OC)cc1)NCCc1csc(N2CCCC2)n1.I. The Bertz CT molecular complexity index is 728. The minimum absolute atomic E-state index is 0. The fraction of sp³-hybridized carbons (Fsp3) is 0.500. The summed E-state index contributed by atoms with van der Waals surface area (Å²) < 4.78 is 5.19. The molecule has 0 radical (unpaired) electrons. The number of guanidine groups is 1. The molecule has 1 aromatic heterocycles. The first-order valence-electron chi connectivity index (χ1n) is 9.63. The highest BCUT2D eigenvalue weighted by molar-refractivity contribution is 14.0. The van der Waals surface area contributed by atoms with Crippen molar-refractivity contribution in [3.8, 4) is 5.75 Å². The van der Waals surface area contributed by atoms with Crippen molar-refractivity contribution in [3.63, 3.8) is 0 Å². The van der Waals surface area contributed by atoms with Crippen molar-refractivity contribution in [1.82, 2.24) is 15.6 Å². The molecule has 2 aromatic rings. The maximum Gasteiger partial charge on any atom is 0.191 e. The summed E-state index contributed by atoms with van der Waals surface area (Å²) in [6, 6.07) is 8.01. The molecule has 0 amide bonds. The van der Waals surface area contributed by atoms with Crippen molar-refractivity contribution in [3.05, 3.63) is 40.9 Å².